The summed E-state index contributed by atoms with van der Waals surface area (Å²) < 4.78 is 18.5. The van der Waals surface area contributed by atoms with E-state index in [2.05, 4.69) is 6.07 Å². The Hall–Kier alpha value is -1.58. The number of halogens is 2. The molecule has 1 saturated carbocycles. The van der Waals surface area contributed by atoms with Gasteiger partial charge in [-0.25, -0.2) is 4.39 Å². The molecule has 2 atom stereocenters. The van der Waals surface area contributed by atoms with E-state index in [0.717, 1.165) is 23.3 Å². The van der Waals surface area contributed by atoms with Crippen molar-refractivity contribution in [1.82, 2.24) is 0 Å². The number of methoxy groups -OCH3 is 1. The third-order valence-electron chi connectivity index (χ3n) is 4.03. The molecule has 0 aliphatic heterocycles. The minimum atomic E-state index is -0.215. The molecule has 0 radical (unpaired) electrons. The molecule has 112 valence electrons. The van der Waals surface area contributed by atoms with Gasteiger partial charge in [-0.05, 0) is 65.8 Å². The van der Waals surface area contributed by atoms with Crippen LogP contribution in [0.5, 0.6) is 5.75 Å². The molecule has 0 saturated heterocycles. The van der Waals surface area contributed by atoms with Crippen LogP contribution in [-0.2, 0) is 0 Å². The van der Waals surface area contributed by atoms with Gasteiger partial charge in [0.25, 0.3) is 0 Å². The predicted molar refractivity (Wildman–Crippen MR) is 85.5 cm³/mol. The van der Waals surface area contributed by atoms with Crippen LogP contribution in [0.2, 0.25) is 0 Å². The van der Waals surface area contributed by atoms with E-state index in [1.807, 2.05) is 12.1 Å². The third-order valence-corrected chi connectivity index (χ3v) is 4.03. The lowest BCUT2D eigenvalue weighted by Crippen LogP contribution is -2.02. The minimum absolute atomic E-state index is 0. The largest absolute Gasteiger partial charge is 0.496 e. The number of hydrogen-bond donors (Lipinski definition) is 1. The summed E-state index contributed by atoms with van der Waals surface area (Å²) in [5.74, 6) is 1.76. The average Bonchev–Trinajstić information content (AvgIpc) is 3.27. The molecule has 2 aromatic carbocycles. The predicted octanol–water partition coefficient (Wildman–Crippen LogP) is 3.99. The van der Waals surface area contributed by atoms with E-state index in [4.69, 9.17) is 10.5 Å². The molecule has 21 heavy (non-hydrogen) atoms. The smallest absolute Gasteiger partial charge is 0.123 e. The van der Waals surface area contributed by atoms with Crippen LogP contribution in [0.25, 0.3) is 11.1 Å². The van der Waals surface area contributed by atoms with Gasteiger partial charge < -0.3 is 10.5 Å². The molecule has 0 bridgehead atoms. The zero-order valence-electron chi connectivity index (χ0n) is 11.9. The van der Waals surface area contributed by atoms with Gasteiger partial charge >= 0.3 is 0 Å². The Morgan fingerprint density at radius 2 is 1.81 bits per heavy atom. The van der Waals surface area contributed by atoms with E-state index >= 15 is 0 Å². The molecule has 0 aromatic heterocycles. The molecule has 1 aliphatic carbocycles. The number of nitrogens with two attached hydrogens (primary N) is 1. The van der Waals surface area contributed by atoms with Crippen LogP contribution in [-0.4, -0.2) is 13.7 Å². The number of ether oxygens (including phenoxy) is 1. The Bertz CT molecular complexity index is 615. The summed E-state index contributed by atoms with van der Waals surface area (Å²) >= 11 is 0. The summed E-state index contributed by atoms with van der Waals surface area (Å²) in [6, 6.07) is 12.7. The maximum atomic E-state index is 13.0. The van der Waals surface area contributed by atoms with Crippen LogP contribution in [0.4, 0.5) is 4.39 Å². The highest BCUT2D eigenvalue weighted by molar-refractivity contribution is 5.85. The second kappa shape index (κ2) is 6.46. The standard InChI is InChI=1S/C17H18FNO.ClH/c1-20-17-7-4-12(11-2-5-14(18)6-3-11)8-16(17)15-9-13(15)10-19;/h2-8,13,15H,9-10,19H2,1H3;1H/t13-,15+;/m1./s1. The maximum Gasteiger partial charge on any atom is 0.123 e. The fourth-order valence-corrected chi connectivity index (χ4v) is 2.74. The number of benzene rings is 2. The van der Waals surface area contributed by atoms with Crippen molar-refractivity contribution < 1.29 is 9.13 Å². The molecule has 1 fully saturated rings. The summed E-state index contributed by atoms with van der Waals surface area (Å²) in [6.45, 7) is 0.717. The first-order valence-electron chi connectivity index (χ1n) is 6.87. The van der Waals surface area contributed by atoms with E-state index in [1.165, 1.54) is 17.7 Å². The van der Waals surface area contributed by atoms with E-state index < -0.39 is 0 Å². The van der Waals surface area contributed by atoms with Crippen molar-refractivity contribution in [2.45, 2.75) is 12.3 Å². The van der Waals surface area contributed by atoms with Crippen molar-refractivity contribution in [1.29, 1.82) is 0 Å². The normalized spacial score (nSPS) is 19.8. The molecule has 2 aromatic rings. The topological polar surface area (TPSA) is 35.2 Å². The molecular weight excluding hydrogens is 289 g/mol. The molecule has 4 heteroatoms. The molecule has 2 N–H and O–H groups in total. The van der Waals surface area contributed by atoms with Gasteiger partial charge in [0.2, 0.25) is 0 Å². The maximum absolute atomic E-state index is 13.0. The molecular formula is C17H19ClFNO. The fourth-order valence-electron chi connectivity index (χ4n) is 2.74. The molecule has 0 spiro atoms. The van der Waals surface area contributed by atoms with Gasteiger partial charge in [-0.3, -0.25) is 0 Å². The Kier molecular flexibility index (Phi) is 4.86. The zero-order chi connectivity index (χ0) is 14.1. The lowest BCUT2D eigenvalue weighted by atomic mass is 9.99. The van der Waals surface area contributed by atoms with Gasteiger partial charge in [-0.1, -0.05) is 18.2 Å². The van der Waals surface area contributed by atoms with Crippen molar-refractivity contribution in [3.05, 3.63) is 53.8 Å². The highest BCUT2D eigenvalue weighted by Crippen LogP contribution is 2.50. The Labute approximate surface area is 130 Å². The van der Waals surface area contributed by atoms with Crippen molar-refractivity contribution in [2.75, 3.05) is 13.7 Å². The van der Waals surface area contributed by atoms with E-state index in [9.17, 15) is 4.39 Å². The summed E-state index contributed by atoms with van der Waals surface area (Å²) in [5.41, 5.74) is 9.05. The summed E-state index contributed by atoms with van der Waals surface area (Å²) in [4.78, 5) is 0. The average molecular weight is 308 g/mol. The second-order valence-corrected chi connectivity index (χ2v) is 5.30. The zero-order valence-corrected chi connectivity index (χ0v) is 12.7. The summed E-state index contributed by atoms with van der Waals surface area (Å²) in [7, 11) is 1.69. The molecule has 0 unspecified atom stereocenters. The van der Waals surface area contributed by atoms with Crippen molar-refractivity contribution in [3.63, 3.8) is 0 Å². The highest BCUT2D eigenvalue weighted by atomic mass is 35.5. The first kappa shape index (κ1) is 15.8. The quantitative estimate of drug-likeness (QED) is 0.927. The Balaban J connectivity index is 0.00000161. The molecule has 1 aliphatic rings. The monoisotopic (exact) mass is 307 g/mol. The Morgan fingerprint density at radius 1 is 1.14 bits per heavy atom. The van der Waals surface area contributed by atoms with Crippen molar-refractivity contribution in [3.8, 4) is 16.9 Å². The van der Waals surface area contributed by atoms with E-state index in [1.54, 1.807) is 19.2 Å². The second-order valence-electron chi connectivity index (χ2n) is 5.30. The highest BCUT2D eigenvalue weighted by Gasteiger charge is 2.38. The number of rotatable bonds is 4. The first-order chi connectivity index (χ1) is 9.72. The van der Waals surface area contributed by atoms with Gasteiger partial charge in [0.1, 0.15) is 11.6 Å². The van der Waals surface area contributed by atoms with Gasteiger partial charge in [0.05, 0.1) is 7.11 Å². The van der Waals surface area contributed by atoms with Gasteiger partial charge in [0.15, 0.2) is 0 Å². The van der Waals surface area contributed by atoms with Gasteiger partial charge in [-0.2, -0.15) is 0 Å². The van der Waals surface area contributed by atoms with E-state index in [-0.39, 0.29) is 18.2 Å². The molecule has 0 heterocycles. The van der Waals surface area contributed by atoms with Crippen LogP contribution in [0.1, 0.15) is 17.9 Å². The SMILES string of the molecule is COc1ccc(-c2ccc(F)cc2)cc1[C@H]1C[C@@H]1CN.Cl. The number of hydrogen-bond acceptors (Lipinski definition) is 2. The molecule has 3 rings (SSSR count). The van der Waals surface area contributed by atoms with Crippen LogP contribution in [0.3, 0.4) is 0 Å². The lowest BCUT2D eigenvalue weighted by Gasteiger charge is -2.11. The van der Waals surface area contributed by atoms with Gasteiger partial charge in [0, 0.05) is 0 Å². The Morgan fingerprint density at radius 3 is 2.38 bits per heavy atom. The molecule has 0 amide bonds. The third kappa shape index (κ3) is 3.20. The van der Waals surface area contributed by atoms with Crippen molar-refractivity contribution in [2.24, 2.45) is 11.7 Å². The fraction of sp³-hybridized carbons (Fsp3) is 0.294. The van der Waals surface area contributed by atoms with Crippen LogP contribution in [0.15, 0.2) is 42.5 Å². The van der Waals surface area contributed by atoms with Crippen LogP contribution in [0, 0.1) is 11.7 Å². The molecule has 2 nitrogen and oxygen atoms in total. The van der Waals surface area contributed by atoms with Crippen LogP contribution < -0.4 is 10.5 Å². The van der Waals surface area contributed by atoms with Crippen LogP contribution >= 0.6 is 12.4 Å². The lowest BCUT2D eigenvalue weighted by molar-refractivity contribution is 0.409. The summed E-state index contributed by atoms with van der Waals surface area (Å²) in [5, 5.41) is 0. The van der Waals surface area contributed by atoms with Crippen molar-refractivity contribution >= 4 is 12.4 Å². The van der Waals surface area contributed by atoms with Gasteiger partial charge in [-0.15, -0.1) is 12.4 Å². The minimum Gasteiger partial charge on any atom is -0.496 e. The first-order valence-corrected chi connectivity index (χ1v) is 6.87. The summed E-state index contributed by atoms with van der Waals surface area (Å²) in [6.07, 6.45) is 1.12. The van der Waals surface area contributed by atoms with E-state index in [0.29, 0.717) is 18.4 Å².